The highest BCUT2D eigenvalue weighted by Gasteiger charge is 2.26. The Kier molecular flexibility index (Phi) is 5.45. The van der Waals surface area contributed by atoms with Crippen LogP contribution in [-0.4, -0.2) is 43.0 Å². The Morgan fingerprint density at radius 3 is 2.50 bits per heavy atom. The van der Waals surface area contributed by atoms with Gasteiger partial charge in [0.2, 0.25) is 5.91 Å². The molecular weight excluding hydrogens is 226 g/mol. The van der Waals surface area contributed by atoms with E-state index in [2.05, 4.69) is 10.2 Å². The zero-order chi connectivity index (χ0) is 12.8. The number of rotatable bonds is 5. The Labute approximate surface area is 110 Å². The van der Waals surface area contributed by atoms with Gasteiger partial charge in [-0.25, -0.2) is 0 Å². The lowest BCUT2D eigenvalue weighted by atomic mass is 9.85. The fourth-order valence-corrected chi connectivity index (χ4v) is 3.37. The predicted octanol–water partition coefficient (Wildman–Crippen LogP) is 1.11. The van der Waals surface area contributed by atoms with Crippen molar-refractivity contribution in [1.29, 1.82) is 0 Å². The number of hydrogen-bond donors (Lipinski definition) is 2. The van der Waals surface area contributed by atoms with Crippen LogP contribution in [0.25, 0.3) is 0 Å². The normalized spacial score (nSPS) is 24.9. The van der Waals surface area contributed by atoms with E-state index in [9.17, 15) is 4.79 Å². The third kappa shape index (κ3) is 3.95. The van der Waals surface area contributed by atoms with Crippen LogP contribution in [0.2, 0.25) is 0 Å². The lowest BCUT2D eigenvalue weighted by molar-refractivity contribution is -0.123. The molecule has 0 aromatic heterocycles. The minimum absolute atomic E-state index is 0.0333. The summed E-state index contributed by atoms with van der Waals surface area (Å²) in [4.78, 5) is 13.9. The van der Waals surface area contributed by atoms with E-state index in [4.69, 9.17) is 5.73 Å². The minimum Gasteiger partial charge on any atom is -0.368 e. The molecule has 1 saturated carbocycles. The van der Waals surface area contributed by atoms with Gasteiger partial charge in [-0.2, -0.15) is 0 Å². The molecule has 1 saturated heterocycles. The highest BCUT2D eigenvalue weighted by atomic mass is 16.1. The van der Waals surface area contributed by atoms with Crippen LogP contribution >= 0.6 is 0 Å². The summed E-state index contributed by atoms with van der Waals surface area (Å²) < 4.78 is 0. The first-order valence-electron chi connectivity index (χ1n) is 7.51. The summed E-state index contributed by atoms with van der Waals surface area (Å²) in [5, 5.41) is 3.32. The SMILES string of the molecule is NC(=O)C(CCC1CCCCC1)N1CCNCC1. The van der Waals surface area contributed by atoms with Gasteiger partial charge in [0.05, 0.1) is 6.04 Å². The molecule has 2 rings (SSSR count). The number of carbonyl (C=O) groups excluding carboxylic acids is 1. The summed E-state index contributed by atoms with van der Waals surface area (Å²) in [6, 6.07) is -0.0333. The molecule has 0 spiro atoms. The van der Waals surface area contributed by atoms with E-state index in [0.717, 1.165) is 38.5 Å². The van der Waals surface area contributed by atoms with Gasteiger partial charge < -0.3 is 11.1 Å². The van der Waals surface area contributed by atoms with Crippen LogP contribution in [0.15, 0.2) is 0 Å². The second-order valence-corrected chi connectivity index (χ2v) is 5.79. The van der Waals surface area contributed by atoms with Crippen molar-refractivity contribution in [2.75, 3.05) is 26.2 Å². The molecule has 1 unspecified atom stereocenters. The average Bonchev–Trinajstić information content (AvgIpc) is 2.41. The van der Waals surface area contributed by atoms with E-state index in [1.165, 1.54) is 38.5 Å². The van der Waals surface area contributed by atoms with Gasteiger partial charge in [-0.15, -0.1) is 0 Å². The number of nitrogens with two attached hydrogens (primary N) is 1. The topological polar surface area (TPSA) is 58.4 Å². The third-order valence-electron chi connectivity index (χ3n) is 4.49. The van der Waals surface area contributed by atoms with Gasteiger partial charge in [0.25, 0.3) is 0 Å². The molecule has 1 atom stereocenters. The molecule has 0 aromatic carbocycles. The Morgan fingerprint density at radius 1 is 1.22 bits per heavy atom. The van der Waals surface area contributed by atoms with Crippen molar-refractivity contribution in [2.24, 2.45) is 11.7 Å². The molecule has 18 heavy (non-hydrogen) atoms. The molecule has 3 N–H and O–H groups in total. The van der Waals surface area contributed by atoms with Crippen molar-refractivity contribution < 1.29 is 4.79 Å². The van der Waals surface area contributed by atoms with Crippen LogP contribution < -0.4 is 11.1 Å². The number of hydrogen-bond acceptors (Lipinski definition) is 3. The maximum absolute atomic E-state index is 11.6. The number of nitrogens with one attached hydrogen (secondary N) is 1. The lowest BCUT2D eigenvalue weighted by Crippen LogP contribution is -2.53. The smallest absolute Gasteiger partial charge is 0.234 e. The van der Waals surface area contributed by atoms with Gasteiger partial charge in [0.15, 0.2) is 0 Å². The summed E-state index contributed by atoms with van der Waals surface area (Å²) in [7, 11) is 0. The summed E-state index contributed by atoms with van der Waals surface area (Å²) in [6.45, 7) is 3.87. The first kappa shape index (κ1) is 13.8. The minimum atomic E-state index is -0.132. The van der Waals surface area contributed by atoms with Crippen molar-refractivity contribution in [3.63, 3.8) is 0 Å². The third-order valence-corrected chi connectivity index (χ3v) is 4.49. The summed E-state index contributed by atoms with van der Waals surface area (Å²) in [5.41, 5.74) is 5.58. The zero-order valence-corrected chi connectivity index (χ0v) is 11.4. The van der Waals surface area contributed by atoms with Gasteiger partial charge in [-0.3, -0.25) is 9.69 Å². The first-order chi connectivity index (χ1) is 8.77. The fourth-order valence-electron chi connectivity index (χ4n) is 3.37. The number of nitrogens with zero attached hydrogens (tertiary/aromatic N) is 1. The van der Waals surface area contributed by atoms with Crippen LogP contribution in [-0.2, 0) is 4.79 Å². The first-order valence-corrected chi connectivity index (χ1v) is 7.51. The monoisotopic (exact) mass is 253 g/mol. The summed E-state index contributed by atoms with van der Waals surface area (Å²) in [6.07, 6.45) is 8.99. The van der Waals surface area contributed by atoms with Crippen LogP contribution in [0.4, 0.5) is 0 Å². The quantitative estimate of drug-likeness (QED) is 0.771. The number of piperazine rings is 1. The van der Waals surface area contributed by atoms with Crippen molar-refractivity contribution >= 4 is 5.91 Å². The van der Waals surface area contributed by atoms with Crippen LogP contribution in [0.5, 0.6) is 0 Å². The van der Waals surface area contributed by atoms with Gasteiger partial charge in [0.1, 0.15) is 0 Å². The van der Waals surface area contributed by atoms with E-state index in [-0.39, 0.29) is 11.9 Å². The van der Waals surface area contributed by atoms with E-state index in [1.807, 2.05) is 0 Å². The molecule has 4 heteroatoms. The second kappa shape index (κ2) is 7.10. The van der Waals surface area contributed by atoms with E-state index >= 15 is 0 Å². The van der Waals surface area contributed by atoms with E-state index in [0.29, 0.717) is 0 Å². The highest BCUT2D eigenvalue weighted by Crippen LogP contribution is 2.28. The molecule has 0 aromatic rings. The Hall–Kier alpha value is -0.610. The van der Waals surface area contributed by atoms with Gasteiger partial charge >= 0.3 is 0 Å². The molecule has 2 fully saturated rings. The molecule has 1 aliphatic heterocycles. The molecule has 1 heterocycles. The summed E-state index contributed by atoms with van der Waals surface area (Å²) in [5.74, 6) is 0.705. The fraction of sp³-hybridized carbons (Fsp3) is 0.929. The van der Waals surface area contributed by atoms with Crippen LogP contribution in [0.1, 0.15) is 44.9 Å². The number of amides is 1. The number of carbonyl (C=O) groups is 1. The molecule has 4 nitrogen and oxygen atoms in total. The van der Waals surface area contributed by atoms with Crippen molar-refractivity contribution in [3.05, 3.63) is 0 Å². The van der Waals surface area contributed by atoms with Gasteiger partial charge in [0, 0.05) is 26.2 Å². The van der Waals surface area contributed by atoms with E-state index < -0.39 is 0 Å². The van der Waals surface area contributed by atoms with Gasteiger partial charge in [-0.05, 0) is 18.8 Å². The second-order valence-electron chi connectivity index (χ2n) is 5.79. The maximum atomic E-state index is 11.6. The number of primary amides is 1. The largest absolute Gasteiger partial charge is 0.368 e. The molecule has 1 amide bonds. The Bertz CT molecular complexity index is 258. The molecule has 0 radical (unpaired) electrons. The van der Waals surface area contributed by atoms with Crippen molar-refractivity contribution in [3.8, 4) is 0 Å². The Morgan fingerprint density at radius 2 is 1.89 bits per heavy atom. The predicted molar refractivity (Wildman–Crippen MR) is 73.2 cm³/mol. The maximum Gasteiger partial charge on any atom is 0.234 e. The van der Waals surface area contributed by atoms with Gasteiger partial charge in [-0.1, -0.05) is 32.1 Å². The van der Waals surface area contributed by atoms with Crippen molar-refractivity contribution in [2.45, 2.75) is 51.0 Å². The van der Waals surface area contributed by atoms with Crippen molar-refractivity contribution in [1.82, 2.24) is 10.2 Å². The molecule has 1 aliphatic carbocycles. The average molecular weight is 253 g/mol. The molecule has 0 bridgehead atoms. The van der Waals surface area contributed by atoms with Crippen LogP contribution in [0.3, 0.4) is 0 Å². The van der Waals surface area contributed by atoms with E-state index in [1.54, 1.807) is 0 Å². The molecule has 104 valence electrons. The standard InChI is InChI=1S/C14H27N3O/c15-14(18)13(17-10-8-16-9-11-17)7-6-12-4-2-1-3-5-12/h12-13,16H,1-11H2,(H2,15,18). The molecular formula is C14H27N3O. The Balaban J connectivity index is 1.79. The highest BCUT2D eigenvalue weighted by molar-refractivity contribution is 5.79. The zero-order valence-electron chi connectivity index (χ0n) is 11.4. The lowest BCUT2D eigenvalue weighted by Gasteiger charge is -2.34. The molecule has 2 aliphatic rings. The van der Waals surface area contributed by atoms with Crippen LogP contribution in [0, 0.1) is 5.92 Å². The summed E-state index contributed by atoms with van der Waals surface area (Å²) >= 11 is 0.